The van der Waals surface area contributed by atoms with E-state index in [9.17, 15) is 4.79 Å². The number of anilines is 1. The van der Waals surface area contributed by atoms with Crippen molar-refractivity contribution in [2.75, 3.05) is 12.0 Å². The molecule has 1 amide bonds. The maximum absolute atomic E-state index is 13.5. The Balaban J connectivity index is 1.83. The van der Waals surface area contributed by atoms with Crippen molar-refractivity contribution in [2.24, 2.45) is 0 Å². The van der Waals surface area contributed by atoms with Gasteiger partial charge in [-0.15, -0.1) is 0 Å². The highest BCUT2D eigenvalue weighted by molar-refractivity contribution is 7.22. The Hall–Kier alpha value is -3.26. The number of methoxy groups -OCH3 is 1. The van der Waals surface area contributed by atoms with Crippen molar-refractivity contribution in [3.63, 3.8) is 0 Å². The van der Waals surface area contributed by atoms with Crippen LogP contribution in [0.4, 0.5) is 5.13 Å². The Morgan fingerprint density at radius 3 is 2.79 bits per heavy atom. The predicted octanol–water partition coefficient (Wildman–Crippen LogP) is 4.07. The standard InChI is InChI=1S/C21H21N5O2S/c1-4-26-16(10-12-23-26)20(27)25(13-15-7-5-6-11-22-15)21-24-18-17(28-3)9-8-14(2)19(18)29-21/h5-12H,4,13H2,1-3H3. The quantitative estimate of drug-likeness (QED) is 0.482. The number of fused-ring (bicyclic) bond motifs is 1. The van der Waals surface area contributed by atoms with Crippen LogP contribution < -0.4 is 9.64 Å². The van der Waals surface area contributed by atoms with Gasteiger partial charge in [0.05, 0.1) is 24.0 Å². The summed E-state index contributed by atoms with van der Waals surface area (Å²) in [6.07, 6.45) is 3.36. The van der Waals surface area contributed by atoms with Crippen LogP contribution in [0.15, 0.2) is 48.8 Å². The van der Waals surface area contributed by atoms with Crippen LogP contribution in [-0.2, 0) is 13.1 Å². The zero-order valence-corrected chi connectivity index (χ0v) is 17.3. The molecule has 0 N–H and O–H groups in total. The molecular formula is C21H21N5O2S. The highest BCUT2D eigenvalue weighted by Gasteiger charge is 2.25. The summed E-state index contributed by atoms with van der Waals surface area (Å²) in [5, 5.41) is 4.84. The summed E-state index contributed by atoms with van der Waals surface area (Å²) in [7, 11) is 1.62. The first-order valence-electron chi connectivity index (χ1n) is 9.30. The van der Waals surface area contributed by atoms with Gasteiger partial charge >= 0.3 is 0 Å². The molecule has 0 fully saturated rings. The zero-order chi connectivity index (χ0) is 20.4. The highest BCUT2D eigenvalue weighted by Crippen LogP contribution is 2.37. The van der Waals surface area contributed by atoms with Gasteiger partial charge in [-0.3, -0.25) is 19.4 Å². The number of benzene rings is 1. The van der Waals surface area contributed by atoms with Crippen LogP contribution >= 0.6 is 11.3 Å². The molecule has 4 rings (SSSR count). The molecule has 29 heavy (non-hydrogen) atoms. The second kappa shape index (κ2) is 8.00. The largest absolute Gasteiger partial charge is 0.494 e. The highest BCUT2D eigenvalue weighted by atomic mass is 32.1. The lowest BCUT2D eigenvalue weighted by Crippen LogP contribution is -2.32. The van der Waals surface area contributed by atoms with E-state index in [1.54, 1.807) is 35.2 Å². The molecule has 0 saturated carbocycles. The zero-order valence-electron chi connectivity index (χ0n) is 16.5. The number of amides is 1. The summed E-state index contributed by atoms with van der Waals surface area (Å²) in [6, 6.07) is 11.3. The lowest BCUT2D eigenvalue weighted by Gasteiger charge is -2.19. The molecule has 0 spiro atoms. The molecule has 7 nitrogen and oxygen atoms in total. The number of ether oxygens (including phenoxy) is 1. The van der Waals surface area contributed by atoms with Gasteiger partial charge in [0.15, 0.2) is 5.13 Å². The fourth-order valence-corrected chi connectivity index (χ4v) is 4.21. The third-order valence-corrected chi connectivity index (χ3v) is 5.88. The van der Waals surface area contributed by atoms with E-state index in [1.807, 2.05) is 44.2 Å². The number of aryl methyl sites for hydroxylation is 2. The molecule has 0 aliphatic rings. The van der Waals surface area contributed by atoms with Crippen LogP contribution in [0.1, 0.15) is 28.7 Å². The fraction of sp³-hybridized carbons (Fsp3) is 0.238. The topological polar surface area (TPSA) is 73.1 Å². The van der Waals surface area contributed by atoms with E-state index in [4.69, 9.17) is 9.72 Å². The van der Waals surface area contributed by atoms with Gasteiger partial charge in [0.2, 0.25) is 0 Å². The summed E-state index contributed by atoms with van der Waals surface area (Å²) >= 11 is 1.48. The second-order valence-corrected chi connectivity index (χ2v) is 7.48. The summed E-state index contributed by atoms with van der Waals surface area (Å²) in [6.45, 7) is 4.91. The fourth-order valence-electron chi connectivity index (χ4n) is 3.16. The third kappa shape index (κ3) is 3.58. The summed E-state index contributed by atoms with van der Waals surface area (Å²) in [5.74, 6) is 0.530. The third-order valence-electron chi connectivity index (χ3n) is 4.67. The van der Waals surface area contributed by atoms with Crippen LogP contribution in [0.25, 0.3) is 10.2 Å². The van der Waals surface area contributed by atoms with Gasteiger partial charge in [-0.25, -0.2) is 4.98 Å². The first-order chi connectivity index (χ1) is 14.1. The first kappa shape index (κ1) is 19.1. The van der Waals surface area contributed by atoms with Crippen LogP contribution in [0, 0.1) is 6.92 Å². The molecule has 0 atom stereocenters. The molecule has 8 heteroatoms. The van der Waals surface area contributed by atoms with Gasteiger partial charge in [-0.2, -0.15) is 5.10 Å². The molecule has 3 heterocycles. The molecule has 0 bridgehead atoms. The molecule has 0 aliphatic heterocycles. The van der Waals surface area contributed by atoms with Crippen molar-refractivity contribution < 1.29 is 9.53 Å². The lowest BCUT2D eigenvalue weighted by atomic mass is 10.2. The number of aromatic nitrogens is 4. The normalized spacial score (nSPS) is 11.0. The molecule has 0 aliphatic carbocycles. The van der Waals surface area contributed by atoms with Gasteiger partial charge in [-0.05, 0) is 43.7 Å². The van der Waals surface area contributed by atoms with E-state index in [0.29, 0.717) is 29.7 Å². The minimum Gasteiger partial charge on any atom is -0.494 e. The number of rotatable bonds is 6. The van der Waals surface area contributed by atoms with E-state index in [0.717, 1.165) is 21.5 Å². The number of thiazole rings is 1. The van der Waals surface area contributed by atoms with Crippen molar-refractivity contribution in [3.8, 4) is 5.75 Å². The van der Waals surface area contributed by atoms with E-state index in [-0.39, 0.29) is 5.91 Å². The van der Waals surface area contributed by atoms with Crippen molar-refractivity contribution in [2.45, 2.75) is 26.9 Å². The van der Waals surface area contributed by atoms with Gasteiger partial charge in [0, 0.05) is 18.9 Å². The Morgan fingerprint density at radius 2 is 2.07 bits per heavy atom. The predicted molar refractivity (Wildman–Crippen MR) is 114 cm³/mol. The molecule has 4 aromatic rings. The van der Waals surface area contributed by atoms with Crippen molar-refractivity contribution in [1.29, 1.82) is 0 Å². The minimum atomic E-state index is -0.161. The SMILES string of the molecule is CCn1nccc1C(=O)N(Cc1ccccn1)c1nc2c(OC)ccc(C)c2s1. The number of carbonyl (C=O) groups excluding carboxylic acids is 1. The number of nitrogens with zero attached hydrogens (tertiary/aromatic N) is 5. The monoisotopic (exact) mass is 407 g/mol. The van der Waals surface area contributed by atoms with Gasteiger partial charge in [0.1, 0.15) is 17.0 Å². The maximum atomic E-state index is 13.5. The van der Waals surface area contributed by atoms with Gasteiger partial charge in [-0.1, -0.05) is 23.5 Å². The lowest BCUT2D eigenvalue weighted by molar-refractivity contribution is 0.0974. The molecule has 148 valence electrons. The van der Waals surface area contributed by atoms with Gasteiger partial charge in [0.25, 0.3) is 5.91 Å². The van der Waals surface area contributed by atoms with E-state index in [2.05, 4.69) is 10.1 Å². The van der Waals surface area contributed by atoms with E-state index >= 15 is 0 Å². The molecular weight excluding hydrogens is 386 g/mol. The Bertz CT molecular complexity index is 1150. The summed E-state index contributed by atoms with van der Waals surface area (Å²) < 4.78 is 8.17. The number of hydrogen-bond acceptors (Lipinski definition) is 6. The maximum Gasteiger partial charge on any atom is 0.278 e. The molecule has 3 aromatic heterocycles. The smallest absolute Gasteiger partial charge is 0.278 e. The second-order valence-electron chi connectivity index (χ2n) is 6.50. The first-order valence-corrected chi connectivity index (χ1v) is 10.1. The van der Waals surface area contributed by atoms with Crippen molar-refractivity contribution >= 4 is 32.6 Å². The van der Waals surface area contributed by atoms with E-state index in [1.165, 1.54) is 11.3 Å². The van der Waals surface area contributed by atoms with Crippen LogP contribution in [0.5, 0.6) is 5.75 Å². The number of hydrogen-bond donors (Lipinski definition) is 0. The van der Waals surface area contributed by atoms with Crippen molar-refractivity contribution in [3.05, 3.63) is 65.7 Å². The summed E-state index contributed by atoms with van der Waals surface area (Å²) in [4.78, 5) is 24.3. The van der Waals surface area contributed by atoms with Crippen LogP contribution in [0.3, 0.4) is 0 Å². The van der Waals surface area contributed by atoms with Crippen LogP contribution in [0.2, 0.25) is 0 Å². The Morgan fingerprint density at radius 1 is 1.21 bits per heavy atom. The number of carbonyl (C=O) groups is 1. The molecule has 0 unspecified atom stereocenters. The minimum absolute atomic E-state index is 0.161. The summed E-state index contributed by atoms with van der Waals surface area (Å²) in [5.41, 5.74) is 3.15. The van der Waals surface area contributed by atoms with E-state index < -0.39 is 0 Å². The van der Waals surface area contributed by atoms with Gasteiger partial charge < -0.3 is 4.74 Å². The van der Waals surface area contributed by atoms with Crippen molar-refractivity contribution in [1.82, 2.24) is 19.7 Å². The number of pyridine rings is 1. The van der Waals surface area contributed by atoms with Crippen LogP contribution in [-0.4, -0.2) is 32.8 Å². The average Bonchev–Trinajstić information content (AvgIpc) is 3.40. The molecule has 1 aromatic carbocycles. The Labute approximate surface area is 172 Å². The average molecular weight is 407 g/mol. The molecule has 0 radical (unpaired) electrons. The molecule has 0 saturated heterocycles. The Kier molecular flexibility index (Phi) is 5.26.